The summed E-state index contributed by atoms with van der Waals surface area (Å²) in [6.45, 7) is 2.58. The van der Waals surface area contributed by atoms with Gasteiger partial charge in [-0.15, -0.1) is 0 Å². The number of nitrogens with one attached hydrogen (secondary N) is 1. The van der Waals surface area contributed by atoms with E-state index in [-0.39, 0.29) is 18.4 Å². The summed E-state index contributed by atoms with van der Waals surface area (Å²) in [7, 11) is 0. The van der Waals surface area contributed by atoms with Gasteiger partial charge in [-0.3, -0.25) is 14.4 Å². The Balaban J connectivity index is 1.80. The van der Waals surface area contributed by atoms with E-state index >= 15 is 0 Å². The van der Waals surface area contributed by atoms with Crippen molar-refractivity contribution >= 4 is 17.7 Å². The number of rotatable bonds is 9. The summed E-state index contributed by atoms with van der Waals surface area (Å²) < 4.78 is 0. The number of carbonyl (C=O) groups excluding carboxylic acids is 3. The standard InChI is InChI=1S/C20H29N3O3/c1-2-3-4-5-7-15-9-11-16(12-10-15)20(26)22-14-18(24)23-13-6-8-17(23)19(21)25/h9-12,17H,2-8,13-14H2,1H3,(H2,21,25)(H,22,26). The second-order valence-electron chi connectivity index (χ2n) is 6.84. The maximum Gasteiger partial charge on any atom is 0.251 e. The van der Waals surface area contributed by atoms with Crippen molar-refractivity contribution in [1.82, 2.24) is 10.2 Å². The van der Waals surface area contributed by atoms with E-state index in [0.29, 0.717) is 18.5 Å². The molecule has 1 aromatic carbocycles. The molecule has 1 aromatic rings. The smallest absolute Gasteiger partial charge is 0.251 e. The van der Waals surface area contributed by atoms with Crippen molar-refractivity contribution in [2.75, 3.05) is 13.1 Å². The van der Waals surface area contributed by atoms with Crippen LogP contribution in [-0.2, 0) is 16.0 Å². The molecule has 1 saturated heterocycles. The van der Waals surface area contributed by atoms with Crippen LogP contribution in [0.1, 0.15) is 61.4 Å². The molecule has 6 nitrogen and oxygen atoms in total. The summed E-state index contributed by atoms with van der Waals surface area (Å²) in [5, 5.41) is 2.63. The number of benzene rings is 1. The van der Waals surface area contributed by atoms with Gasteiger partial charge >= 0.3 is 0 Å². The number of amides is 3. The third kappa shape index (κ3) is 5.58. The van der Waals surface area contributed by atoms with Crippen LogP contribution in [0.5, 0.6) is 0 Å². The third-order valence-electron chi connectivity index (χ3n) is 4.84. The molecule has 0 aliphatic carbocycles. The average molecular weight is 359 g/mol. The number of hydrogen-bond acceptors (Lipinski definition) is 3. The first-order valence-corrected chi connectivity index (χ1v) is 9.49. The molecule has 1 aliphatic heterocycles. The number of nitrogens with two attached hydrogens (primary N) is 1. The molecule has 0 saturated carbocycles. The quantitative estimate of drug-likeness (QED) is 0.661. The number of hydrogen-bond donors (Lipinski definition) is 2. The van der Waals surface area contributed by atoms with Gasteiger partial charge in [0.2, 0.25) is 11.8 Å². The van der Waals surface area contributed by atoms with Gasteiger partial charge in [-0.25, -0.2) is 0 Å². The van der Waals surface area contributed by atoms with Crippen LogP contribution >= 0.6 is 0 Å². The SMILES string of the molecule is CCCCCCc1ccc(C(=O)NCC(=O)N2CCCC2C(N)=O)cc1. The van der Waals surface area contributed by atoms with Crippen molar-refractivity contribution < 1.29 is 14.4 Å². The fourth-order valence-corrected chi connectivity index (χ4v) is 3.30. The van der Waals surface area contributed by atoms with Crippen LogP contribution in [0.15, 0.2) is 24.3 Å². The Morgan fingerprint density at radius 1 is 1.15 bits per heavy atom. The summed E-state index contributed by atoms with van der Waals surface area (Å²) >= 11 is 0. The van der Waals surface area contributed by atoms with Gasteiger partial charge in [0.25, 0.3) is 5.91 Å². The predicted molar refractivity (Wildman–Crippen MR) is 101 cm³/mol. The van der Waals surface area contributed by atoms with E-state index in [4.69, 9.17) is 5.73 Å². The Bertz CT molecular complexity index is 628. The fourth-order valence-electron chi connectivity index (χ4n) is 3.30. The monoisotopic (exact) mass is 359 g/mol. The third-order valence-corrected chi connectivity index (χ3v) is 4.84. The van der Waals surface area contributed by atoms with E-state index in [1.165, 1.54) is 29.7 Å². The maximum atomic E-state index is 12.2. The van der Waals surface area contributed by atoms with E-state index in [1.54, 1.807) is 12.1 Å². The summed E-state index contributed by atoms with van der Waals surface area (Å²) in [6.07, 6.45) is 7.22. The Morgan fingerprint density at radius 3 is 2.54 bits per heavy atom. The Hall–Kier alpha value is -2.37. The van der Waals surface area contributed by atoms with E-state index in [1.807, 2.05) is 12.1 Å². The summed E-state index contributed by atoms with van der Waals surface area (Å²) in [5.74, 6) is -1.05. The molecule has 1 fully saturated rings. The number of carbonyl (C=O) groups is 3. The Morgan fingerprint density at radius 2 is 1.88 bits per heavy atom. The molecule has 6 heteroatoms. The minimum atomic E-state index is -0.550. The summed E-state index contributed by atoms with van der Waals surface area (Å²) in [4.78, 5) is 37.3. The second-order valence-corrected chi connectivity index (χ2v) is 6.84. The topological polar surface area (TPSA) is 92.5 Å². The average Bonchev–Trinajstić information content (AvgIpc) is 3.14. The first-order chi connectivity index (χ1) is 12.5. The van der Waals surface area contributed by atoms with Crippen molar-refractivity contribution in [3.05, 3.63) is 35.4 Å². The lowest BCUT2D eigenvalue weighted by atomic mass is 10.0. The Kier molecular flexibility index (Phi) is 7.63. The van der Waals surface area contributed by atoms with Crippen molar-refractivity contribution in [3.63, 3.8) is 0 Å². The molecule has 2 rings (SSSR count). The van der Waals surface area contributed by atoms with E-state index in [0.717, 1.165) is 19.3 Å². The lowest BCUT2D eigenvalue weighted by Crippen LogP contribution is -2.47. The number of likely N-dealkylation sites (tertiary alicyclic amines) is 1. The number of unbranched alkanes of at least 4 members (excludes halogenated alkanes) is 3. The lowest BCUT2D eigenvalue weighted by Gasteiger charge is -2.22. The van der Waals surface area contributed by atoms with Crippen LogP contribution in [0.4, 0.5) is 0 Å². The molecule has 3 amide bonds. The van der Waals surface area contributed by atoms with Gasteiger partial charge in [-0.1, -0.05) is 38.3 Å². The molecule has 1 unspecified atom stereocenters. The van der Waals surface area contributed by atoms with Gasteiger partial charge < -0.3 is 16.0 Å². The molecule has 1 atom stereocenters. The van der Waals surface area contributed by atoms with E-state index in [2.05, 4.69) is 12.2 Å². The molecule has 142 valence electrons. The first kappa shape index (κ1) is 19.9. The van der Waals surface area contributed by atoms with E-state index < -0.39 is 11.9 Å². The molecule has 0 spiro atoms. The number of nitrogens with zero attached hydrogens (tertiary/aromatic N) is 1. The van der Waals surface area contributed by atoms with E-state index in [9.17, 15) is 14.4 Å². The van der Waals surface area contributed by atoms with Crippen molar-refractivity contribution in [2.45, 2.75) is 57.9 Å². The highest BCUT2D eigenvalue weighted by Crippen LogP contribution is 2.16. The van der Waals surface area contributed by atoms with Crippen molar-refractivity contribution in [2.24, 2.45) is 5.73 Å². The highest BCUT2D eigenvalue weighted by Gasteiger charge is 2.32. The summed E-state index contributed by atoms with van der Waals surface area (Å²) in [6, 6.07) is 6.96. The Labute approximate surface area is 155 Å². The number of aryl methyl sites for hydroxylation is 1. The highest BCUT2D eigenvalue weighted by atomic mass is 16.2. The van der Waals surface area contributed by atoms with Crippen LogP contribution in [0.2, 0.25) is 0 Å². The molecule has 0 bridgehead atoms. The van der Waals surface area contributed by atoms with Crippen LogP contribution in [0.25, 0.3) is 0 Å². The summed E-state index contributed by atoms with van der Waals surface area (Å²) in [5.41, 5.74) is 7.07. The molecular formula is C20H29N3O3. The zero-order chi connectivity index (χ0) is 18.9. The van der Waals surface area contributed by atoms with Crippen molar-refractivity contribution in [3.8, 4) is 0 Å². The second kappa shape index (κ2) is 9.94. The molecule has 1 aliphatic rings. The predicted octanol–water partition coefficient (Wildman–Crippen LogP) is 2.02. The zero-order valence-electron chi connectivity index (χ0n) is 15.5. The fraction of sp³-hybridized carbons (Fsp3) is 0.550. The molecule has 26 heavy (non-hydrogen) atoms. The highest BCUT2D eigenvalue weighted by molar-refractivity contribution is 5.97. The normalized spacial score (nSPS) is 16.5. The van der Waals surface area contributed by atoms with Gasteiger partial charge in [-0.05, 0) is 43.4 Å². The van der Waals surface area contributed by atoms with Gasteiger partial charge in [0.05, 0.1) is 6.54 Å². The van der Waals surface area contributed by atoms with Crippen LogP contribution in [-0.4, -0.2) is 41.8 Å². The van der Waals surface area contributed by atoms with Crippen LogP contribution < -0.4 is 11.1 Å². The number of primary amides is 1. The maximum absolute atomic E-state index is 12.2. The molecule has 0 radical (unpaired) electrons. The van der Waals surface area contributed by atoms with Gasteiger partial charge in [0.1, 0.15) is 6.04 Å². The molecule has 1 heterocycles. The largest absolute Gasteiger partial charge is 0.368 e. The molecular weight excluding hydrogens is 330 g/mol. The van der Waals surface area contributed by atoms with Crippen molar-refractivity contribution in [1.29, 1.82) is 0 Å². The lowest BCUT2D eigenvalue weighted by molar-refractivity contribution is -0.136. The molecule has 3 N–H and O–H groups in total. The van der Waals surface area contributed by atoms with Crippen LogP contribution in [0, 0.1) is 0 Å². The van der Waals surface area contributed by atoms with Crippen LogP contribution in [0.3, 0.4) is 0 Å². The van der Waals surface area contributed by atoms with Gasteiger partial charge in [-0.2, -0.15) is 0 Å². The minimum Gasteiger partial charge on any atom is -0.368 e. The minimum absolute atomic E-state index is 0.124. The zero-order valence-corrected chi connectivity index (χ0v) is 15.5. The van der Waals surface area contributed by atoms with Gasteiger partial charge in [0.15, 0.2) is 0 Å². The first-order valence-electron chi connectivity index (χ1n) is 9.49. The van der Waals surface area contributed by atoms with Gasteiger partial charge in [0, 0.05) is 12.1 Å². The molecule has 0 aromatic heterocycles.